The Labute approximate surface area is 184 Å². The highest BCUT2D eigenvalue weighted by molar-refractivity contribution is 5.92. The highest BCUT2D eigenvalue weighted by atomic mass is 16.5. The molecule has 4 N–H and O–H groups in total. The Morgan fingerprint density at radius 2 is 2.13 bits per heavy atom. The van der Waals surface area contributed by atoms with Gasteiger partial charge in [-0.05, 0) is 49.6 Å². The van der Waals surface area contributed by atoms with Crippen LogP contribution in [0.25, 0.3) is 0 Å². The summed E-state index contributed by atoms with van der Waals surface area (Å²) in [5, 5.41) is 6.63. The third-order valence-electron chi connectivity index (χ3n) is 5.14. The van der Waals surface area contributed by atoms with Crippen molar-refractivity contribution in [2.45, 2.75) is 33.4 Å². The normalized spacial score (nSPS) is 16.2. The van der Waals surface area contributed by atoms with Crippen molar-refractivity contribution >= 4 is 11.9 Å². The van der Waals surface area contributed by atoms with Gasteiger partial charge in [-0.15, -0.1) is 0 Å². The van der Waals surface area contributed by atoms with Crippen molar-refractivity contribution in [3.05, 3.63) is 64.7 Å². The number of guanidine groups is 1. The molecule has 1 amide bonds. The van der Waals surface area contributed by atoms with Crippen LogP contribution in [0.4, 0.5) is 0 Å². The van der Waals surface area contributed by atoms with E-state index < -0.39 is 5.91 Å². The minimum absolute atomic E-state index is 0.438. The zero-order chi connectivity index (χ0) is 22.1. The lowest BCUT2D eigenvalue weighted by Crippen LogP contribution is -2.36. The molecule has 7 nitrogen and oxygen atoms in total. The maximum atomic E-state index is 11.4. The third-order valence-corrected chi connectivity index (χ3v) is 5.14. The summed E-state index contributed by atoms with van der Waals surface area (Å²) in [6.45, 7) is 8.12. The average Bonchev–Trinajstić information content (AvgIpc) is 3.29. The number of aliphatic imine (C=N–C) groups is 1. The van der Waals surface area contributed by atoms with Gasteiger partial charge in [0.1, 0.15) is 5.75 Å². The average molecular weight is 425 g/mol. The molecule has 1 fully saturated rings. The molecule has 0 aromatic heterocycles. The van der Waals surface area contributed by atoms with Crippen LogP contribution < -0.4 is 21.1 Å². The van der Waals surface area contributed by atoms with Gasteiger partial charge in [-0.1, -0.05) is 24.3 Å². The number of nitrogens with two attached hydrogens (primary N) is 1. The first kappa shape index (κ1) is 22.6. The highest BCUT2D eigenvalue weighted by Gasteiger charge is 2.17. The van der Waals surface area contributed by atoms with Gasteiger partial charge in [0.2, 0.25) is 5.91 Å². The molecule has 7 heteroatoms. The topological polar surface area (TPSA) is 98.0 Å². The standard InChI is InChI=1S/C24H32N4O3/c1-3-26-24(27-13-18-5-4-6-20(12-18)23(25)29)28-14-21-8-7-17(2)11-22(21)31-16-19-9-10-30-15-19/h4-8,11-12,19H,3,9-10,13-16H2,1-2H3,(H2,25,29)(H2,26,27,28). The molecule has 0 bridgehead atoms. The quantitative estimate of drug-likeness (QED) is 0.425. The number of nitrogens with one attached hydrogen (secondary N) is 2. The Balaban J connectivity index is 1.64. The molecule has 1 saturated heterocycles. The number of aryl methyl sites for hydroxylation is 1. The van der Waals surface area contributed by atoms with Crippen molar-refractivity contribution in [2.75, 3.05) is 26.4 Å². The van der Waals surface area contributed by atoms with Crippen molar-refractivity contribution in [2.24, 2.45) is 16.6 Å². The fraction of sp³-hybridized carbons (Fsp3) is 0.417. The van der Waals surface area contributed by atoms with Crippen molar-refractivity contribution < 1.29 is 14.3 Å². The van der Waals surface area contributed by atoms with Crippen LogP contribution in [0.1, 0.15) is 40.4 Å². The van der Waals surface area contributed by atoms with Gasteiger partial charge in [-0.2, -0.15) is 0 Å². The van der Waals surface area contributed by atoms with Gasteiger partial charge in [0.25, 0.3) is 0 Å². The van der Waals surface area contributed by atoms with Crippen LogP contribution in [-0.4, -0.2) is 38.2 Å². The van der Waals surface area contributed by atoms with Gasteiger partial charge in [0.15, 0.2) is 5.96 Å². The summed E-state index contributed by atoms with van der Waals surface area (Å²) in [5.41, 5.74) is 9.02. The van der Waals surface area contributed by atoms with Crippen molar-refractivity contribution in [3.63, 3.8) is 0 Å². The number of primary amides is 1. The van der Waals surface area contributed by atoms with E-state index in [-0.39, 0.29) is 0 Å². The fourth-order valence-corrected chi connectivity index (χ4v) is 3.38. The van der Waals surface area contributed by atoms with Gasteiger partial charge in [-0.25, -0.2) is 4.99 Å². The summed E-state index contributed by atoms with van der Waals surface area (Å²) >= 11 is 0. The molecule has 2 aromatic carbocycles. The van der Waals surface area contributed by atoms with Gasteiger partial charge < -0.3 is 25.8 Å². The second-order valence-electron chi connectivity index (χ2n) is 7.77. The zero-order valence-electron chi connectivity index (χ0n) is 18.3. The van der Waals surface area contributed by atoms with Crippen LogP contribution in [0.3, 0.4) is 0 Å². The number of carbonyl (C=O) groups excluding carboxylic acids is 1. The van der Waals surface area contributed by atoms with E-state index in [1.54, 1.807) is 12.1 Å². The molecule has 1 aliphatic rings. The minimum atomic E-state index is -0.438. The second-order valence-corrected chi connectivity index (χ2v) is 7.77. The first-order chi connectivity index (χ1) is 15.0. The first-order valence-corrected chi connectivity index (χ1v) is 10.8. The smallest absolute Gasteiger partial charge is 0.248 e. The van der Waals surface area contributed by atoms with E-state index >= 15 is 0 Å². The molecule has 3 rings (SSSR count). The summed E-state index contributed by atoms with van der Waals surface area (Å²) in [6.07, 6.45) is 1.05. The fourth-order valence-electron chi connectivity index (χ4n) is 3.38. The van der Waals surface area contributed by atoms with Crippen LogP contribution >= 0.6 is 0 Å². The predicted octanol–water partition coefficient (Wildman–Crippen LogP) is 2.76. The molecule has 31 heavy (non-hydrogen) atoms. The van der Waals surface area contributed by atoms with Gasteiger partial charge in [0.05, 0.1) is 19.8 Å². The zero-order valence-corrected chi connectivity index (χ0v) is 18.3. The monoisotopic (exact) mass is 424 g/mol. The van der Waals surface area contributed by atoms with Gasteiger partial charge in [0, 0.05) is 36.7 Å². The van der Waals surface area contributed by atoms with Crippen molar-refractivity contribution in [3.8, 4) is 5.75 Å². The Hall–Kier alpha value is -3.06. The summed E-state index contributed by atoms with van der Waals surface area (Å²) < 4.78 is 11.6. The number of carbonyl (C=O) groups is 1. The van der Waals surface area contributed by atoms with Crippen molar-refractivity contribution in [1.82, 2.24) is 10.6 Å². The first-order valence-electron chi connectivity index (χ1n) is 10.8. The maximum Gasteiger partial charge on any atom is 0.248 e. The van der Waals surface area contributed by atoms with E-state index in [2.05, 4.69) is 40.7 Å². The third kappa shape index (κ3) is 7.00. The molecule has 0 saturated carbocycles. The van der Waals surface area contributed by atoms with Crippen LogP contribution in [0.2, 0.25) is 0 Å². The Morgan fingerprint density at radius 1 is 1.26 bits per heavy atom. The van der Waals surface area contributed by atoms with Gasteiger partial charge in [-0.3, -0.25) is 4.79 Å². The molecular formula is C24H32N4O3. The number of rotatable bonds is 9. The van der Waals surface area contributed by atoms with Gasteiger partial charge >= 0.3 is 0 Å². The summed E-state index contributed by atoms with van der Waals surface area (Å²) in [5.74, 6) is 1.61. The molecule has 1 unspecified atom stereocenters. The Kier molecular flexibility index (Phi) is 8.29. The number of hydrogen-bond acceptors (Lipinski definition) is 4. The largest absolute Gasteiger partial charge is 0.493 e. The van der Waals surface area contributed by atoms with Crippen molar-refractivity contribution in [1.29, 1.82) is 0 Å². The van der Waals surface area contributed by atoms with E-state index in [0.29, 0.717) is 37.1 Å². The number of hydrogen-bond donors (Lipinski definition) is 3. The lowest BCUT2D eigenvalue weighted by atomic mass is 10.1. The lowest BCUT2D eigenvalue weighted by Gasteiger charge is -2.17. The van der Waals surface area contributed by atoms with E-state index in [1.807, 2.05) is 19.1 Å². The molecule has 0 radical (unpaired) electrons. The number of ether oxygens (including phenoxy) is 2. The Bertz CT molecular complexity index is 907. The predicted molar refractivity (Wildman–Crippen MR) is 122 cm³/mol. The molecule has 1 heterocycles. The van der Waals surface area contributed by atoms with Crippen LogP contribution in [0.5, 0.6) is 5.75 Å². The molecular weight excluding hydrogens is 392 g/mol. The van der Waals surface area contributed by atoms with Crippen LogP contribution in [0.15, 0.2) is 47.5 Å². The van der Waals surface area contributed by atoms with Crippen LogP contribution in [0, 0.1) is 12.8 Å². The second kappa shape index (κ2) is 11.4. The molecule has 0 spiro atoms. The molecule has 1 aliphatic heterocycles. The molecule has 0 aliphatic carbocycles. The molecule has 2 aromatic rings. The maximum absolute atomic E-state index is 11.4. The Morgan fingerprint density at radius 3 is 2.87 bits per heavy atom. The summed E-state index contributed by atoms with van der Waals surface area (Å²) in [6, 6.07) is 13.5. The minimum Gasteiger partial charge on any atom is -0.493 e. The van der Waals surface area contributed by atoms with E-state index in [1.165, 1.54) is 0 Å². The van der Waals surface area contributed by atoms with Crippen LogP contribution in [-0.2, 0) is 17.8 Å². The number of nitrogens with zero attached hydrogens (tertiary/aromatic N) is 1. The molecule has 166 valence electrons. The van der Waals surface area contributed by atoms with E-state index in [4.69, 9.17) is 15.2 Å². The van der Waals surface area contributed by atoms with E-state index in [0.717, 1.165) is 48.6 Å². The SMILES string of the molecule is CCNC(=NCc1cccc(C(N)=O)c1)NCc1ccc(C)cc1OCC1CCOC1. The highest BCUT2D eigenvalue weighted by Crippen LogP contribution is 2.22. The summed E-state index contributed by atoms with van der Waals surface area (Å²) in [4.78, 5) is 16.0. The summed E-state index contributed by atoms with van der Waals surface area (Å²) in [7, 11) is 0. The number of benzene rings is 2. The lowest BCUT2D eigenvalue weighted by molar-refractivity contribution is 0.1000. The van der Waals surface area contributed by atoms with E-state index in [9.17, 15) is 4.79 Å². The number of amides is 1. The molecule has 1 atom stereocenters.